The van der Waals surface area contributed by atoms with E-state index in [4.69, 9.17) is 4.74 Å². The van der Waals surface area contributed by atoms with E-state index < -0.39 is 0 Å². The van der Waals surface area contributed by atoms with Gasteiger partial charge in [0.15, 0.2) is 0 Å². The first-order valence-electron chi connectivity index (χ1n) is 6.50. The number of hydrogen-bond donors (Lipinski definition) is 1. The second-order valence-corrected chi connectivity index (χ2v) is 5.25. The highest BCUT2D eigenvalue weighted by Gasteiger charge is 2.11. The van der Waals surface area contributed by atoms with Crippen molar-refractivity contribution >= 4 is 17.2 Å². The number of nitrogens with zero attached hydrogens (tertiary/aromatic N) is 4. The van der Waals surface area contributed by atoms with Crippen molar-refractivity contribution in [1.82, 2.24) is 19.5 Å². The summed E-state index contributed by atoms with van der Waals surface area (Å²) in [4.78, 5) is 14.2. The molecule has 0 fully saturated rings. The number of hydrogen-bond acceptors (Lipinski definition) is 6. The molecule has 0 atom stereocenters. The van der Waals surface area contributed by atoms with Crippen molar-refractivity contribution < 1.29 is 4.74 Å². The molecule has 0 bridgehead atoms. The Kier molecular flexibility index (Phi) is 4.23. The van der Waals surface area contributed by atoms with Crippen LogP contribution in [0.4, 0.5) is 5.82 Å². The second kappa shape index (κ2) is 6.47. The van der Waals surface area contributed by atoms with Crippen molar-refractivity contribution in [2.75, 3.05) is 25.6 Å². The molecule has 0 amide bonds. The molecule has 0 radical (unpaired) electrons. The molecule has 1 N–H and O–H groups in total. The van der Waals surface area contributed by atoms with Crippen LogP contribution in [0.1, 0.15) is 0 Å². The number of nitrogens with one attached hydrogen (secondary N) is 1. The lowest BCUT2D eigenvalue weighted by Crippen LogP contribution is -2.11. The zero-order chi connectivity index (χ0) is 14.5. The van der Waals surface area contributed by atoms with Crippen LogP contribution in [0.2, 0.25) is 0 Å². The van der Waals surface area contributed by atoms with Gasteiger partial charge in [-0.3, -0.25) is 4.57 Å². The van der Waals surface area contributed by atoms with Crippen LogP contribution in [-0.4, -0.2) is 39.8 Å². The average molecular weight is 301 g/mol. The first kappa shape index (κ1) is 13.7. The Balaban J connectivity index is 1.96. The van der Waals surface area contributed by atoms with E-state index in [0.29, 0.717) is 19.1 Å². The predicted octanol–water partition coefficient (Wildman–Crippen LogP) is 2.45. The van der Waals surface area contributed by atoms with Crippen molar-refractivity contribution in [3.05, 3.63) is 42.4 Å². The van der Waals surface area contributed by atoms with Gasteiger partial charge in [0, 0.05) is 37.1 Å². The van der Waals surface area contributed by atoms with E-state index in [1.165, 1.54) is 0 Å². The number of imidazole rings is 1. The molecule has 0 saturated carbocycles. The summed E-state index contributed by atoms with van der Waals surface area (Å²) in [6.45, 7) is 1.31. The largest absolute Gasteiger partial charge is 0.383 e. The van der Waals surface area contributed by atoms with Gasteiger partial charge in [0.25, 0.3) is 0 Å². The Bertz CT molecular complexity index is 681. The minimum Gasteiger partial charge on any atom is -0.383 e. The van der Waals surface area contributed by atoms with Crippen LogP contribution in [0.3, 0.4) is 0 Å². The fourth-order valence-corrected chi connectivity index (χ4v) is 2.63. The molecular formula is C14H15N5OS. The summed E-state index contributed by atoms with van der Waals surface area (Å²) in [5.41, 5.74) is 0.991. The molecule has 3 aromatic heterocycles. The molecule has 0 unspecified atom stereocenters. The summed E-state index contributed by atoms with van der Waals surface area (Å²) in [7, 11) is 1.68. The Hall–Kier alpha value is -2.25. The lowest BCUT2D eigenvalue weighted by atomic mass is 10.2. The van der Waals surface area contributed by atoms with Gasteiger partial charge in [-0.1, -0.05) is 6.07 Å². The average Bonchev–Trinajstić information content (AvgIpc) is 3.21. The van der Waals surface area contributed by atoms with E-state index in [1.807, 2.05) is 23.8 Å². The van der Waals surface area contributed by atoms with Gasteiger partial charge >= 0.3 is 0 Å². The van der Waals surface area contributed by atoms with Crippen LogP contribution in [0.5, 0.6) is 0 Å². The Labute approximate surface area is 126 Å². The zero-order valence-electron chi connectivity index (χ0n) is 11.6. The van der Waals surface area contributed by atoms with Crippen molar-refractivity contribution in [3.8, 4) is 16.4 Å². The lowest BCUT2D eigenvalue weighted by molar-refractivity contribution is 0.210. The third kappa shape index (κ3) is 3.09. The van der Waals surface area contributed by atoms with Gasteiger partial charge in [-0.2, -0.15) is 4.98 Å². The van der Waals surface area contributed by atoms with Crippen LogP contribution >= 0.6 is 11.3 Å². The van der Waals surface area contributed by atoms with Crippen molar-refractivity contribution in [2.24, 2.45) is 0 Å². The molecule has 3 rings (SSSR count). The number of thiophene rings is 1. The van der Waals surface area contributed by atoms with Crippen LogP contribution in [0, 0.1) is 0 Å². The normalized spacial score (nSPS) is 10.7. The number of rotatable bonds is 6. The maximum Gasteiger partial charge on any atom is 0.236 e. The molecule has 0 aliphatic carbocycles. The lowest BCUT2D eigenvalue weighted by Gasteiger charge is -2.11. The minimum absolute atomic E-state index is 0.590. The molecule has 21 heavy (non-hydrogen) atoms. The third-order valence-corrected chi connectivity index (χ3v) is 3.80. The van der Waals surface area contributed by atoms with Gasteiger partial charge in [0.05, 0.1) is 12.2 Å². The van der Waals surface area contributed by atoms with E-state index in [-0.39, 0.29) is 0 Å². The monoisotopic (exact) mass is 301 g/mol. The first-order valence-corrected chi connectivity index (χ1v) is 7.38. The summed E-state index contributed by atoms with van der Waals surface area (Å²) < 4.78 is 6.86. The van der Waals surface area contributed by atoms with Crippen LogP contribution in [0.15, 0.2) is 42.4 Å². The standard InChI is InChI=1S/C14H15N5OS/c1-20-7-5-16-13-11(12-3-2-8-21-12)9-17-14(18-13)19-6-4-15-10-19/h2-4,6,8-10H,5,7H2,1H3,(H,16,17,18). The van der Waals surface area contributed by atoms with Crippen molar-refractivity contribution in [2.45, 2.75) is 0 Å². The molecule has 3 aromatic rings. The molecule has 0 aromatic carbocycles. The molecule has 6 nitrogen and oxygen atoms in total. The number of aromatic nitrogens is 4. The van der Waals surface area contributed by atoms with Gasteiger partial charge in [-0.15, -0.1) is 11.3 Å². The third-order valence-electron chi connectivity index (χ3n) is 2.90. The molecule has 0 aliphatic rings. The van der Waals surface area contributed by atoms with E-state index in [0.717, 1.165) is 16.3 Å². The summed E-state index contributed by atoms with van der Waals surface area (Å²) in [5, 5.41) is 5.34. The second-order valence-electron chi connectivity index (χ2n) is 4.30. The maximum absolute atomic E-state index is 5.08. The molecule has 0 aliphatic heterocycles. The molecule has 0 spiro atoms. The van der Waals surface area contributed by atoms with Crippen LogP contribution in [-0.2, 0) is 4.74 Å². The first-order chi connectivity index (χ1) is 10.4. The molecule has 7 heteroatoms. The highest BCUT2D eigenvalue weighted by molar-refractivity contribution is 7.13. The maximum atomic E-state index is 5.08. The van der Waals surface area contributed by atoms with Gasteiger partial charge in [0.1, 0.15) is 12.1 Å². The number of anilines is 1. The molecule has 0 saturated heterocycles. The highest BCUT2D eigenvalue weighted by atomic mass is 32.1. The summed E-state index contributed by atoms with van der Waals surface area (Å²) in [6, 6.07) is 4.07. The topological polar surface area (TPSA) is 64.9 Å². The predicted molar refractivity (Wildman–Crippen MR) is 82.8 cm³/mol. The van der Waals surface area contributed by atoms with Crippen molar-refractivity contribution in [3.63, 3.8) is 0 Å². The van der Waals surface area contributed by atoms with Gasteiger partial charge in [0.2, 0.25) is 5.95 Å². The Morgan fingerprint density at radius 2 is 2.38 bits per heavy atom. The zero-order valence-corrected chi connectivity index (χ0v) is 12.4. The summed E-state index contributed by atoms with van der Waals surface area (Å²) in [5.74, 6) is 1.39. The Morgan fingerprint density at radius 1 is 1.43 bits per heavy atom. The van der Waals surface area contributed by atoms with E-state index in [9.17, 15) is 0 Å². The Morgan fingerprint density at radius 3 is 3.10 bits per heavy atom. The summed E-state index contributed by atoms with van der Waals surface area (Å²) in [6.07, 6.45) is 7.04. The fourth-order valence-electron chi connectivity index (χ4n) is 1.89. The van der Waals surface area contributed by atoms with Crippen molar-refractivity contribution in [1.29, 1.82) is 0 Å². The van der Waals surface area contributed by atoms with Gasteiger partial charge in [-0.05, 0) is 11.4 Å². The van der Waals surface area contributed by atoms with E-state index in [1.54, 1.807) is 35.5 Å². The SMILES string of the molecule is COCCNc1nc(-n2ccnc2)ncc1-c1cccs1. The highest BCUT2D eigenvalue weighted by Crippen LogP contribution is 2.30. The molecule has 3 heterocycles. The summed E-state index contributed by atoms with van der Waals surface area (Å²) >= 11 is 1.66. The van der Waals surface area contributed by atoms with Gasteiger partial charge < -0.3 is 10.1 Å². The molecule has 108 valence electrons. The number of methoxy groups -OCH3 is 1. The molecular weight excluding hydrogens is 286 g/mol. The van der Waals surface area contributed by atoms with Gasteiger partial charge in [-0.25, -0.2) is 9.97 Å². The smallest absolute Gasteiger partial charge is 0.236 e. The van der Waals surface area contributed by atoms with E-state index >= 15 is 0 Å². The van der Waals surface area contributed by atoms with E-state index in [2.05, 4.69) is 26.3 Å². The van der Waals surface area contributed by atoms with Crippen LogP contribution < -0.4 is 5.32 Å². The fraction of sp³-hybridized carbons (Fsp3) is 0.214. The number of ether oxygens (including phenoxy) is 1. The quantitative estimate of drug-likeness (QED) is 0.708. The van der Waals surface area contributed by atoms with Crippen LogP contribution in [0.25, 0.3) is 16.4 Å². The minimum atomic E-state index is 0.590.